The predicted octanol–water partition coefficient (Wildman–Crippen LogP) is 1.43. The van der Waals surface area contributed by atoms with Gasteiger partial charge in [-0.3, -0.25) is 9.69 Å². The maximum atomic E-state index is 11.3. The third-order valence-electron chi connectivity index (χ3n) is 3.34. The molecule has 17 heavy (non-hydrogen) atoms. The Bertz CT molecular complexity index is 438. The van der Waals surface area contributed by atoms with E-state index >= 15 is 0 Å². The fraction of sp³-hybridized carbons (Fsp3) is 0.500. The molecule has 1 amide bonds. The van der Waals surface area contributed by atoms with Crippen molar-refractivity contribution >= 4 is 17.5 Å². The van der Waals surface area contributed by atoms with Crippen molar-refractivity contribution < 1.29 is 4.79 Å². The molecule has 1 aromatic heterocycles. The van der Waals surface area contributed by atoms with Crippen LogP contribution >= 0.6 is 11.6 Å². The molecule has 1 saturated heterocycles. The van der Waals surface area contributed by atoms with Gasteiger partial charge in [-0.25, -0.2) is 4.98 Å². The van der Waals surface area contributed by atoms with E-state index in [-0.39, 0.29) is 5.91 Å². The van der Waals surface area contributed by atoms with E-state index in [1.165, 1.54) is 0 Å². The SMILES string of the molecule is CC1(C(N)=O)CCN(Cc2ccnc(Cl)c2)C1. The average Bonchev–Trinajstić information content (AvgIpc) is 2.61. The molecule has 0 bridgehead atoms. The lowest BCUT2D eigenvalue weighted by Gasteiger charge is -2.21. The van der Waals surface area contributed by atoms with E-state index in [1.54, 1.807) is 6.20 Å². The molecule has 2 N–H and O–H groups in total. The molecule has 1 atom stereocenters. The molecule has 1 unspecified atom stereocenters. The van der Waals surface area contributed by atoms with Crippen molar-refractivity contribution in [3.8, 4) is 0 Å². The number of pyridine rings is 1. The second-order valence-electron chi connectivity index (χ2n) is 4.87. The number of amides is 1. The van der Waals surface area contributed by atoms with E-state index in [9.17, 15) is 4.79 Å². The second-order valence-corrected chi connectivity index (χ2v) is 5.26. The number of nitrogens with zero attached hydrogens (tertiary/aromatic N) is 2. The highest BCUT2D eigenvalue weighted by atomic mass is 35.5. The topological polar surface area (TPSA) is 59.2 Å². The molecular weight excluding hydrogens is 238 g/mol. The molecular formula is C12H16ClN3O. The van der Waals surface area contributed by atoms with Crippen LogP contribution in [-0.2, 0) is 11.3 Å². The van der Waals surface area contributed by atoms with Crippen molar-refractivity contribution in [1.82, 2.24) is 9.88 Å². The number of hydrogen-bond acceptors (Lipinski definition) is 3. The van der Waals surface area contributed by atoms with Crippen LogP contribution in [0.15, 0.2) is 18.3 Å². The molecule has 1 aliphatic rings. The van der Waals surface area contributed by atoms with Crippen LogP contribution < -0.4 is 5.73 Å². The van der Waals surface area contributed by atoms with Crippen molar-refractivity contribution in [1.29, 1.82) is 0 Å². The zero-order chi connectivity index (χ0) is 12.5. The highest BCUT2D eigenvalue weighted by molar-refractivity contribution is 6.29. The summed E-state index contributed by atoms with van der Waals surface area (Å²) in [5.74, 6) is -0.215. The number of aromatic nitrogens is 1. The van der Waals surface area contributed by atoms with Crippen LogP contribution in [0.1, 0.15) is 18.9 Å². The largest absolute Gasteiger partial charge is 0.369 e. The first-order valence-electron chi connectivity index (χ1n) is 5.62. The summed E-state index contributed by atoms with van der Waals surface area (Å²) < 4.78 is 0. The van der Waals surface area contributed by atoms with Gasteiger partial charge >= 0.3 is 0 Å². The number of halogens is 1. The quantitative estimate of drug-likeness (QED) is 0.829. The van der Waals surface area contributed by atoms with Crippen LogP contribution in [0.4, 0.5) is 0 Å². The molecule has 1 aromatic rings. The maximum Gasteiger partial charge on any atom is 0.224 e. The molecule has 0 aliphatic carbocycles. The van der Waals surface area contributed by atoms with E-state index in [0.29, 0.717) is 11.7 Å². The van der Waals surface area contributed by atoms with Crippen LogP contribution in [-0.4, -0.2) is 28.9 Å². The summed E-state index contributed by atoms with van der Waals surface area (Å²) in [4.78, 5) is 17.5. The Balaban J connectivity index is 2.01. The molecule has 1 aliphatic heterocycles. The molecule has 2 rings (SSSR count). The highest BCUT2D eigenvalue weighted by Gasteiger charge is 2.38. The molecule has 0 aromatic carbocycles. The molecule has 4 nitrogen and oxygen atoms in total. The lowest BCUT2D eigenvalue weighted by molar-refractivity contribution is -0.126. The zero-order valence-electron chi connectivity index (χ0n) is 9.82. The number of carbonyl (C=O) groups is 1. The first kappa shape index (κ1) is 12.3. The van der Waals surface area contributed by atoms with E-state index in [1.807, 2.05) is 19.1 Å². The highest BCUT2D eigenvalue weighted by Crippen LogP contribution is 2.30. The number of nitrogens with two attached hydrogens (primary N) is 1. The molecule has 0 saturated carbocycles. The summed E-state index contributed by atoms with van der Waals surface area (Å²) in [5, 5.41) is 0.499. The van der Waals surface area contributed by atoms with E-state index in [0.717, 1.165) is 25.1 Å². The van der Waals surface area contributed by atoms with Crippen molar-refractivity contribution in [3.63, 3.8) is 0 Å². The van der Waals surface area contributed by atoms with E-state index in [2.05, 4.69) is 9.88 Å². The van der Waals surface area contributed by atoms with Crippen molar-refractivity contribution in [2.75, 3.05) is 13.1 Å². The molecule has 0 radical (unpaired) electrons. The standard InChI is InChI=1S/C12H16ClN3O/c1-12(11(14)17)3-5-16(8-12)7-9-2-4-15-10(13)6-9/h2,4,6H,3,5,7-8H2,1H3,(H2,14,17). The fourth-order valence-electron chi connectivity index (χ4n) is 2.19. The fourth-order valence-corrected chi connectivity index (χ4v) is 2.39. The first-order chi connectivity index (χ1) is 7.99. The second kappa shape index (κ2) is 4.63. The van der Waals surface area contributed by atoms with Crippen LogP contribution in [0.5, 0.6) is 0 Å². The summed E-state index contributed by atoms with van der Waals surface area (Å²) in [5.41, 5.74) is 6.13. The number of carbonyl (C=O) groups excluding carboxylic acids is 1. The lowest BCUT2D eigenvalue weighted by atomic mass is 9.89. The Hall–Kier alpha value is -1.13. The Morgan fingerprint density at radius 2 is 2.47 bits per heavy atom. The minimum Gasteiger partial charge on any atom is -0.369 e. The van der Waals surface area contributed by atoms with E-state index in [4.69, 9.17) is 17.3 Å². The maximum absolute atomic E-state index is 11.3. The van der Waals surface area contributed by atoms with Gasteiger partial charge < -0.3 is 5.73 Å². The van der Waals surface area contributed by atoms with Gasteiger partial charge in [0.15, 0.2) is 0 Å². The molecule has 92 valence electrons. The van der Waals surface area contributed by atoms with Gasteiger partial charge in [-0.1, -0.05) is 11.6 Å². The minimum atomic E-state index is -0.392. The van der Waals surface area contributed by atoms with Crippen LogP contribution in [0.3, 0.4) is 0 Å². The van der Waals surface area contributed by atoms with Crippen molar-refractivity contribution in [3.05, 3.63) is 29.0 Å². The van der Waals surface area contributed by atoms with Crippen molar-refractivity contribution in [2.45, 2.75) is 19.9 Å². The van der Waals surface area contributed by atoms with Crippen LogP contribution in [0, 0.1) is 5.41 Å². The molecule has 2 heterocycles. The number of hydrogen-bond donors (Lipinski definition) is 1. The van der Waals surface area contributed by atoms with Crippen molar-refractivity contribution in [2.24, 2.45) is 11.1 Å². The van der Waals surface area contributed by atoms with Gasteiger partial charge in [0.25, 0.3) is 0 Å². The Morgan fingerprint density at radius 1 is 1.71 bits per heavy atom. The summed E-state index contributed by atoms with van der Waals surface area (Å²) in [6.07, 6.45) is 2.52. The van der Waals surface area contributed by atoms with Crippen LogP contribution in [0.25, 0.3) is 0 Å². The van der Waals surface area contributed by atoms with Gasteiger partial charge in [-0.2, -0.15) is 0 Å². The van der Waals surface area contributed by atoms with Gasteiger partial charge in [0.2, 0.25) is 5.91 Å². The molecule has 5 heteroatoms. The summed E-state index contributed by atoms with van der Waals surface area (Å²) >= 11 is 5.83. The first-order valence-corrected chi connectivity index (χ1v) is 6.00. The lowest BCUT2D eigenvalue weighted by Crippen LogP contribution is -2.36. The summed E-state index contributed by atoms with van der Waals surface area (Å²) in [6.45, 7) is 4.31. The Kier molecular flexibility index (Phi) is 3.35. The number of likely N-dealkylation sites (tertiary alicyclic amines) is 1. The minimum absolute atomic E-state index is 0.215. The third-order valence-corrected chi connectivity index (χ3v) is 3.55. The van der Waals surface area contributed by atoms with Gasteiger partial charge in [-0.05, 0) is 37.6 Å². The normalized spacial score (nSPS) is 25.1. The summed E-state index contributed by atoms with van der Waals surface area (Å²) in [6, 6.07) is 3.79. The Morgan fingerprint density at radius 3 is 3.06 bits per heavy atom. The monoisotopic (exact) mass is 253 g/mol. The Labute approximate surface area is 106 Å². The third kappa shape index (κ3) is 2.76. The van der Waals surface area contributed by atoms with Gasteiger partial charge in [0, 0.05) is 19.3 Å². The zero-order valence-corrected chi connectivity index (χ0v) is 10.6. The molecule has 1 fully saturated rings. The number of primary amides is 1. The molecule has 0 spiro atoms. The van der Waals surface area contributed by atoms with Gasteiger partial charge in [-0.15, -0.1) is 0 Å². The average molecular weight is 254 g/mol. The van der Waals surface area contributed by atoms with Gasteiger partial charge in [0.1, 0.15) is 5.15 Å². The smallest absolute Gasteiger partial charge is 0.224 e. The summed E-state index contributed by atoms with van der Waals surface area (Å²) in [7, 11) is 0. The van der Waals surface area contributed by atoms with Crippen LogP contribution in [0.2, 0.25) is 5.15 Å². The number of rotatable bonds is 3. The predicted molar refractivity (Wildman–Crippen MR) is 66.4 cm³/mol. The van der Waals surface area contributed by atoms with Gasteiger partial charge in [0.05, 0.1) is 5.41 Å². The van der Waals surface area contributed by atoms with E-state index < -0.39 is 5.41 Å².